The van der Waals surface area contributed by atoms with Crippen LogP contribution in [0.4, 0.5) is 0 Å². The van der Waals surface area contributed by atoms with Gasteiger partial charge in [0.15, 0.2) is 0 Å². The van der Waals surface area contributed by atoms with Gasteiger partial charge in [-0.15, -0.1) is 5.53 Å². The van der Waals surface area contributed by atoms with Crippen LogP contribution in [0.3, 0.4) is 0 Å². The Morgan fingerprint density at radius 3 is 1.79 bits per heavy atom. The Hall–Kier alpha value is -5.08. The maximum Gasteiger partial charge on any atom is 0.427 e. The normalized spacial score (nSPS) is 17.1. The van der Waals surface area contributed by atoms with Gasteiger partial charge >= 0.3 is 31.8 Å². The van der Waals surface area contributed by atoms with Gasteiger partial charge in [-0.25, -0.2) is 0 Å². The van der Waals surface area contributed by atoms with Crippen LogP contribution < -0.4 is 26.3 Å². The molecule has 0 saturated carbocycles. The second-order valence-corrected chi connectivity index (χ2v) is 17.6. The van der Waals surface area contributed by atoms with Crippen molar-refractivity contribution in [2.24, 2.45) is 0 Å². The average Bonchev–Trinajstić information content (AvgIpc) is 3.73. The first kappa shape index (κ1) is 54.5. The molecule has 25 heteroatoms. The molecule has 0 bridgehead atoms. The van der Waals surface area contributed by atoms with Crippen molar-refractivity contribution in [2.75, 3.05) is 118 Å². The molecule has 0 spiro atoms. The minimum absolute atomic E-state index is 0.0562. The molecule has 2 aliphatic heterocycles. The SMILES string of the molecule is O=C(O)CN1CCN(CC(=O)O)CCN(C(CCC(=O)NCCOCCOCCN2C=C(COc3ccc(C(NCc4ccccc4)[P+](O)(O)O)cc3)NN2)C(=O)O)CCN(CC(=O)O)CC1. The molecule has 372 valence electrons. The molecule has 2 aromatic carbocycles. The van der Waals surface area contributed by atoms with Gasteiger partial charge in [0.2, 0.25) is 11.7 Å². The second kappa shape index (κ2) is 29.0. The lowest BCUT2D eigenvalue weighted by atomic mass is 10.1. The highest BCUT2D eigenvalue weighted by atomic mass is 31.2. The Labute approximate surface area is 389 Å². The van der Waals surface area contributed by atoms with Crippen LogP contribution in [-0.4, -0.2) is 214 Å². The molecular weight excluding hydrogens is 901 g/mol. The van der Waals surface area contributed by atoms with Gasteiger partial charge in [-0.2, -0.15) is 14.7 Å². The fourth-order valence-corrected chi connectivity index (χ4v) is 8.14. The summed E-state index contributed by atoms with van der Waals surface area (Å²) in [5.41, 5.74) is 8.18. The summed E-state index contributed by atoms with van der Waals surface area (Å²) < 4.78 is 17.1. The number of nitrogens with one attached hydrogen (secondary N) is 4. The standard InChI is InChI=1S/C42H64N9O15P/c52-37(11-10-36(42(59)60)50-19-17-48(29-39(55)56)15-13-47(28-38(53)54)14-16-49(18-20-50)30-40(57)58)43-12-22-64-24-25-65-23-21-51-27-34(45-46-51)31-66-35-8-6-33(7-9-35)41(67(61,62)63)44-26-32-4-2-1-3-5-32/h1-9,27,36,41,44-46,61-63H,10-26,28-31H2,(H4-,43,52,53,54,55,56,57,58,59,60)/p+1. The maximum absolute atomic E-state index is 12.7. The molecule has 1 fully saturated rings. The monoisotopic (exact) mass is 966 g/mol. The summed E-state index contributed by atoms with van der Waals surface area (Å²) in [4.78, 5) is 96.5. The highest BCUT2D eigenvalue weighted by Crippen LogP contribution is 2.57. The largest absolute Gasteiger partial charge is 0.487 e. The van der Waals surface area contributed by atoms with E-state index in [9.17, 15) is 59.1 Å². The Morgan fingerprint density at radius 1 is 0.701 bits per heavy atom. The molecule has 0 aromatic heterocycles. The Kier molecular flexibility index (Phi) is 23.6. The van der Waals surface area contributed by atoms with E-state index in [1.54, 1.807) is 48.9 Å². The number of benzene rings is 2. The number of carboxylic acid groups (broad SMARTS) is 4. The van der Waals surface area contributed by atoms with Crippen molar-refractivity contribution in [1.82, 2.24) is 46.2 Å². The van der Waals surface area contributed by atoms with Crippen LogP contribution in [0.1, 0.15) is 29.8 Å². The molecule has 11 N–H and O–H groups in total. The van der Waals surface area contributed by atoms with Crippen molar-refractivity contribution in [3.63, 3.8) is 0 Å². The van der Waals surface area contributed by atoms with E-state index in [4.69, 9.17) is 14.2 Å². The van der Waals surface area contributed by atoms with Crippen molar-refractivity contribution in [2.45, 2.75) is 31.2 Å². The first-order valence-corrected chi connectivity index (χ1v) is 23.5. The molecule has 24 nitrogen and oxygen atoms in total. The van der Waals surface area contributed by atoms with Gasteiger partial charge in [-0.05, 0) is 36.2 Å². The van der Waals surface area contributed by atoms with Crippen molar-refractivity contribution in [3.8, 4) is 5.75 Å². The number of ether oxygens (including phenoxy) is 3. The predicted molar refractivity (Wildman–Crippen MR) is 242 cm³/mol. The number of carbonyl (C=O) groups excluding carboxylic acids is 1. The Morgan fingerprint density at radius 2 is 1.25 bits per heavy atom. The van der Waals surface area contributed by atoms with Gasteiger partial charge in [0, 0.05) is 83.6 Å². The lowest BCUT2D eigenvalue weighted by molar-refractivity contribution is -0.145. The summed E-state index contributed by atoms with van der Waals surface area (Å²) in [6.07, 6.45) is 1.65. The van der Waals surface area contributed by atoms with Crippen LogP contribution in [0.25, 0.3) is 0 Å². The number of hydrazine groups is 2. The number of carboxylic acids is 4. The van der Waals surface area contributed by atoms with E-state index < -0.39 is 43.6 Å². The summed E-state index contributed by atoms with van der Waals surface area (Å²) >= 11 is 0. The zero-order valence-corrected chi connectivity index (χ0v) is 38.3. The van der Waals surface area contributed by atoms with E-state index >= 15 is 0 Å². The number of hydrogen-bond acceptors (Lipinski definition) is 19. The Balaban J connectivity index is 1.11. The minimum atomic E-state index is -4.25. The van der Waals surface area contributed by atoms with Gasteiger partial charge < -0.3 is 45.4 Å². The molecule has 67 heavy (non-hydrogen) atoms. The topological polar surface area (TPSA) is 319 Å². The maximum atomic E-state index is 12.7. The fourth-order valence-electron chi connectivity index (χ4n) is 7.23. The number of aliphatic carboxylic acids is 4. The van der Waals surface area contributed by atoms with Crippen LogP contribution in [-0.2, 0) is 40.0 Å². The quantitative estimate of drug-likeness (QED) is 0.0346. The number of nitrogens with zero attached hydrogens (tertiary/aromatic N) is 5. The van der Waals surface area contributed by atoms with Gasteiger partial charge in [0.05, 0.1) is 58.3 Å². The van der Waals surface area contributed by atoms with E-state index in [-0.39, 0.29) is 117 Å². The van der Waals surface area contributed by atoms with Crippen LogP contribution in [0.2, 0.25) is 0 Å². The third-order valence-electron chi connectivity index (χ3n) is 10.7. The zero-order chi connectivity index (χ0) is 48.6. The molecular formula is C42H65N9O15P+. The smallest absolute Gasteiger partial charge is 0.427 e. The van der Waals surface area contributed by atoms with E-state index in [1.165, 1.54) is 0 Å². The summed E-state index contributed by atoms with van der Waals surface area (Å²) in [5, 5.41) is 46.0. The summed E-state index contributed by atoms with van der Waals surface area (Å²) in [5.74, 6) is -5.37. The molecule has 2 aliphatic rings. The van der Waals surface area contributed by atoms with Crippen LogP contribution in [0.15, 0.2) is 66.5 Å². The molecule has 4 rings (SSSR count). The van der Waals surface area contributed by atoms with Gasteiger partial charge in [-0.1, -0.05) is 30.3 Å². The third kappa shape index (κ3) is 21.6. The van der Waals surface area contributed by atoms with Gasteiger partial charge in [-0.3, -0.25) is 53.9 Å². The van der Waals surface area contributed by atoms with Gasteiger partial charge in [0.25, 0.3) is 0 Å². The highest BCUT2D eigenvalue weighted by molar-refractivity contribution is 7.58. The van der Waals surface area contributed by atoms with E-state index in [2.05, 4.69) is 21.6 Å². The molecule has 1 saturated heterocycles. The predicted octanol–water partition coefficient (Wildman–Crippen LogP) is -1.38. The van der Waals surface area contributed by atoms with Crippen molar-refractivity contribution in [3.05, 3.63) is 77.6 Å². The molecule has 2 unspecified atom stereocenters. The number of amides is 1. The first-order valence-electron chi connectivity index (χ1n) is 21.8. The van der Waals surface area contributed by atoms with Crippen molar-refractivity contribution in [1.29, 1.82) is 0 Å². The van der Waals surface area contributed by atoms with Crippen LogP contribution in [0, 0.1) is 0 Å². The molecule has 2 heterocycles. The molecule has 2 aromatic rings. The summed E-state index contributed by atoms with van der Waals surface area (Å²) in [6.45, 7) is 2.65. The number of carbonyl (C=O) groups is 5. The lowest BCUT2D eigenvalue weighted by Gasteiger charge is -2.35. The zero-order valence-electron chi connectivity index (χ0n) is 37.4. The van der Waals surface area contributed by atoms with E-state index in [0.29, 0.717) is 37.6 Å². The fraction of sp³-hybridized carbons (Fsp3) is 0.548. The molecule has 1 amide bonds. The third-order valence-corrected chi connectivity index (χ3v) is 11.9. The van der Waals surface area contributed by atoms with Gasteiger partial charge in [0.1, 0.15) is 18.4 Å². The molecule has 0 radical (unpaired) electrons. The second-order valence-electron chi connectivity index (χ2n) is 15.8. The van der Waals surface area contributed by atoms with E-state index in [1.807, 2.05) is 36.5 Å². The average molecular weight is 967 g/mol. The lowest BCUT2D eigenvalue weighted by Crippen LogP contribution is -2.52. The molecule has 0 aliphatic carbocycles. The van der Waals surface area contributed by atoms with Crippen molar-refractivity contribution < 1.29 is 73.3 Å². The minimum Gasteiger partial charge on any atom is -0.487 e. The van der Waals surface area contributed by atoms with Crippen LogP contribution >= 0.6 is 7.94 Å². The number of rotatable bonds is 28. The van der Waals surface area contributed by atoms with Crippen molar-refractivity contribution >= 4 is 37.7 Å². The number of hydrogen-bond donors (Lipinski definition) is 11. The van der Waals surface area contributed by atoms with E-state index in [0.717, 1.165) is 11.3 Å². The Bertz CT molecular complexity index is 1850. The first-order chi connectivity index (χ1) is 32.0. The summed E-state index contributed by atoms with van der Waals surface area (Å²) in [7, 11) is -4.25. The highest BCUT2D eigenvalue weighted by Gasteiger charge is 2.43. The van der Waals surface area contributed by atoms with Crippen LogP contribution in [0.5, 0.6) is 5.75 Å². The summed E-state index contributed by atoms with van der Waals surface area (Å²) in [6, 6.07) is 15.0. The molecule has 2 atom stereocenters.